The van der Waals surface area contributed by atoms with Crippen molar-refractivity contribution in [2.24, 2.45) is 0 Å². The molecule has 3 N–H and O–H groups in total. The van der Waals surface area contributed by atoms with Crippen LogP contribution in [0.3, 0.4) is 0 Å². The minimum atomic E-state index is -0.216. The Morgan fingerprint density at radius 1 is 1.25 bits per heavy atom. The Morgan fingerprint density at radius 3 is 2.33 bits per heavy atom. The number of rotatable bonds is 4. The van der Waals surface area contributed by atoms with E-state index < -0.39 is 0 Å². The fourth-order valence-electron chi connectivity index (χ4n) is 2.95. The molecule has 24 heavy (non-hydrogen) atoms. The fraction of sp³-hybridized carbons (Fsp3) is 0.632. The average molecular weight is 333 g/mol. The van der Waals surface area contributed by atoms with Gasteiger partial charge in [-0.05, 0) is 42.9 Å². The van der Waals surface area contributed by atoms with Gasteiger partial charge in [0.1, 0.15) is 0 Å². The van der Waals surface area contributed by atoms with Gasteiger partial charge in [0, 0.05) is 24.8 Å². The first-order valence-electron chi connectivity index (χ1n) is 8.83. The number of hydrogen-bond acceptors (Lipinski definition) is 3. The molecule has 2 rings (SSSR count). The summed E-state index contributed by atoms with van der Waals surface area (Å²) in [6.07, 6.45) is 1.86. The lowest BCUT2D eigenvalue weighted by Crippen LogP contribution is -2.50. The third-order valence-electron chi connectivity index (χ3n) is 4.58. The van der Waals surface area contributed by atoms with Crippen LogP contribution >= 0.6 is 0 Å². The van der Waals surface area contributed by atoms with Crippen molar-refractivity contribution in [1.29, 1.82) is 0 Å². The summed E-state index contributed by atoms with van der Waals surface area (Å²) in [4.78, 5) is 14.2. The zero-order valence-corrected chi connectivity index (χ0v) is 15.3. The number of piperidine rings is 1. The molecule has 134 valence electrons. The molecule has 5 nitrogen and oxygen atoms in total. The average Bonchev–Trinajstić information content (AvgIpc) is 2.54. The third kappa shape index (κ3) is 5.13. The molecule has 0 unspecified atom stereocenters. The maximum atomic E-state index is 11.8. The largest absolute Gasteiger partial charge is 0.394 e. The summed E-state index contributed by atoms with van der Waals surface area (Å²) in [5.41, 5.74) is 2.77. The Morgan fingerprint density at radius 2 is 1.83 bits per heavy atom. The van der Waals surface area contributed by atoms with E-state index in [1.54, 1.807) is 6.92 Å². The lowest BCUT2D eigenvalue weighted by molar-refractivity contribution is 0.215. The molecule has 1 aromatic rings. The number of carbonyl (C=O) groups is 1. The molecule has 0 spiro atoms. The first kappa shape index (κ1) is 18.6. The lowest BCUT2D eigenvalue weighted by atomic mass is 9.87. The second kappa shape index (κ2) is 7.88. The molecular formula is C19H31N3O2. The van der Waals surface area contributed by atoms with E-state index in [0.717, 1.165) is 25.9 Å². The molecule has 1 aliphatic rings. The predicted molar refractivity (Wildman–Crippen MR) is 98.6 cm³/mol. The Balaban J connectivity index is 1.83. The van der Waals surface area contributed by atoms with Crippen LogP contribution in [0.2, 0.25) is 0 Å². The van der Waals surface area contributed by atoms with Crippen LogP contribution in [0, 0.1) is 0 Å². The van der Waals surface area contributed by atoms with Gasteiger partial charge in [-0.25, -0.2) is 4.79 Å². The topological polar surface area (TPSA) is 64.6 Å². The van der Waals surface area contributed by atoms with E-state index in [4.69, 9.17) is 5.11 Å². The second-order valence-corrected chi connectivity index (χ2v) is 7.76. The second-order valence-electron chi connectivity index (χ2n) is 7.76. The maximum Gasteiger partial charge on any atom is 0.315 e. The van der Waals surface area contributed by atoms with E-state index in [9.17, 15) is 4.79 Å². The van der Waals surface area contributed by atoms with E-state index >= 15 is 0 Å². The van der Waals surface area contributed by atoms with E-state index in [1.807, 2.05) is 0 Å². The number of hydrogen-bond donors (Lipinski definition) is 3. The van der Waals surface area contributed by atoms with Crippen molar-refractivity contribution in [2.45, 2.75) is 58.0 Å². The van der Waals surface area contributed by atoms with Crippen LogP contribution < -0.4 is 15.5 Å². The number of nitrogens with one attached hydrogen (secondary N) is 2. The number of amides is 2. The molecule has 1 aliphatic heterocycles. The molecule has 2 amide bonds. The zero-order chi connectivity index (χ0) is 17.7. The monoisotopic (exact) mass is 333 g/mol. The summed E-state index contributed by atoms with van der Waals surface area (Å²) < 4.78 is 0. The first-order chi connectivity index (χ1) is 11.3. The SMILES string of the molecule is C[C@@H](CO)NC(=O)NC1CCN(c2ccc(C(C)(C)C)cc2)CC1. The van der Waals surface area contributed by atoms with Crippen LogP contribution in [-0.2, 0) is 5.41 Å². The molecule has 0 saturated carbocycles. The van der Waals surface area contributed by atoms with Gasteiger partial charge in [-0.2, -0.15) is 0 Å². The molecule has 1 heterocycles. The van der Waals surface area contributed by atoms with Crippen molar-refractivity contribution in [2.75, 3.05) is 24.6 Å². The number of anilines is 1. The molecule has 1 fully saturated rings. The van der Waals surface area contributed by atoms with Gasteiger partial charge in [-0.15, -0.1) is 0 Å². The number of benzene rings is 1. The van der Waals surface area contributed by atoms with Crippen LogP contribution in [-0.4, -0.2) is 42.9 Å². The Bertz CT molecular complexity index is 529. The third-order valence-corrected chi connectivity index (χ3v) is 4.58. The first-order valence-corrected chi connectivity index (χ1v) is 8.83. The highest BCUT2D eigenvalue weighted by atomic mass is 16.3. The number of nitrogens with zero attached hydrogens (tertiary/aromatic N) is 1. The minimum absolute atomic E-state index is 0.0452. The van der Waals surface area contributed by atoms with E-state index in [0.29, 0.717) is 0 Å². The van der Waals surface area contributed by atoms with Crippen LogP contribution in [0.15, 0.2) is 24.3 Å². The number of urea groups is 1. The predicted octanol–water partition coefficient (Wildman–Crippen LogP) is 2.63. The van der Waals surface area contributed by atoms with Gasteiger partial charge in [-0.1, -0.05) is 32.9 Å². The lowest BCUT2D eigenvalue weighted by Gasteiger charge is -2.34. The quantitative estimate of drug-likeness (QED) is 0.794. The summed E-state index contributed by atoms with van der Waals surface area (Å²) in [5, 5.41) is 14.7. The van der Waals surface area contributed by atoms with E-state index in [1.165, 1.54) is 11.3 Å². The van der Waals surface area contributed by atoms with Gasteiger partial charge in [0.25, 0.3) is 0 Å². The molecule has 0 bridgehead atoms. The molecular weight excluding hydrogens is 302 g/mol. The van der Waals surface area contributed by atoms with Crippen LogP contribution in [0.5, 0.6) is 0 Å². The van der Waals surface area contributed by atoms with Gasteiger partial charge in [0.2, 0.25) is 0 Å². The number of carbonyl (C=O) groups excluding carboxylic acids is 1. The van der Waals surface area contributed by atoms with E-state index in [-0.39, 0.29) is 30.1 Å². The van der Waals surface area contributed by atoms with Gasteiger partial charge in [0.15, 0.2) is 0 Å². The summed E-state index contributed by atoms with van der Waals surface area (Å²) in [6.45, 7) is 10.3. The van der Waals surface area contributed by atoms with Gasteiger partial charge in [-0.3, -0.25) is 0 Å². The van der Waals surface area contributed by atoms with Gasteiger partial charge in [0.05, 0.1) is 12.6 Å². The molecule has 0 aliphatic carbocycles. The van der Waals surface area contributed by atoms with Crippen LogP contribution in [0.1, 0.15) is 46.1 Å². The smallest absolute Gasteiger partial charge is 0.315 e. The molecule has 0 aromatic heterocycles. The van der Waals surface area contributed by atoms with Gasteiger partial charge < -0.3 is 20.6 Å². The van der Waals surface area contributed by atoms with Gasteiger partial charge >= 0.3 is 6.03 Å². The Kier molecular flexibility index (Phi) is 6.10. The van der Waals surface area contributed by atoms with Crippen molar-refractivity contribution in [1.82, 2.24) is 10.6 Å². The van der Waals surface area contributed by atoms with Crippen molar-refractivity contribution in [3.8, 4) is 0 Å². The molecule has 1 aromatic carbocycles. The summed E-state index contributed by atoms with van der Waals surface area (Å²) in [7, 11) is 0. The molecule has 1 atom stereocenters. The zero-order valence-electron chi connectivity index (χ0n) is 15.3. The summed E-state index contributed by atoms with van der Waals surface area (Å²) >= 11 is 0. The molecule has 0 radical (unpaired) electrons. The normalized spacial score (nSPS) is 17.5. The van der Waals surface area contributed by atoms with Crippen molar-refractivity contribution >= 4 is 11.7 Å². The van der Waals surface area contributed by atoms with Crippen molar-refractivity contribution < 1.29 is 9.90 Å². The standard InChI is InChI=1S/C19H31N3O2/c1-14(13-23)20-18(24)21-16-9-11-22(12-10-16)17-7-5-15(6-8-17)19(2,3)4/h5-8,14,16,23H,9-13H2,1-4H3,(H2,20,21,24)/t14-/m0/s1. The minimum Gasteiger partial charge on any atom is -0.394 e. The summed E-state index contributed by atoms with van der Waals surface area (Å²) in [6, 6.07) is 8.61. The highest BCUT2D eigenvalue weighted by Crippen LogP contribution is 2.26. The number of aliphatic hydroxyl groups excluding tert-OH is 1. The Labute approximate surface area is 145 Å². The highest BCUT2D eigenvalue weighted by molar-refractivity contribution is 5.74. The Hall–Kier alpha value is -1.75. The van der Waals surface area contributed by atoms with Crippen LogP contribution in [0.4, 0.5) is 10.5 Å². The summed E-state index contributed by atoms with van der Waals surface area (Å²) in [5.74, 6) is 0. The molecule has 1 saturated heterocycles. The number of aliphatic hydroxyl groups is 1. The highest BCUT2D eigenvalue weighted by Gasteiger charge is 2.22. The van der Waals surface area contributed by atoms with Crippen molar-refractivity contribution in [3.63, 3.8) is 0 Å². The van der Waals surface area contributed by atoms with E-state index in [2.05, 4.69) is 60.6 Å². The molecule has 5 heteroatoms. The fourth-order valence-corrected chi connectivity index (χ4v) is 2.95. The van der Waals surface area contributed by atoms with Crippen molar-refractivity contribution in [3.05, 3.63) is 29.8 Å². The van der Waals surface area contributed by atoms with Crippen LogP contribution in [0.25, 0.3) is 0 Å². The maximum absolute atomic E-state index is 11.8.